The Balaban J connectivity index is 2.75. The predicted molar refractivity (Wildman–Crippen MR) is 38.4 cm³/mol. The van der Waals surface area contributed by atoms with Crippen LogP contribution >= 0.6 is 0 Å². The maximum absolute atomic E-state index is 10.9. The van der Waals surface area contributed by atoms with Crippen molar-refractivity contribution >= 4 is 5.78 Å². The summed E-state index contributed by atoms with van der Waals surface area (Å²) in [6, 6.07) is 0. The van der Waals surface area contributed by atoms with Gasteiger partial charge >= 0.3 is 0 Å². The first-order chi connectivity index (χ1) is 4.74. The van der Waals surface area contributed by atoms with Gasteiger partial charge in [-0.15, -0.1) is 0 Å². The Morgan fingerprint density at radius 2 is 2.20 bits per heavy atom. The molecule has 10 heavy (non-hydrogen) atoms. The lowest BCUT2D eigenvalue weighted by Crippen LogP contribution is -2.09. The van der Waals surface area contributed by atoms with Gasteiger partial charge in [0.2, 0.25) is 0 Å². The highest BCUT2D eigenvalue weighted by Gasteiger charge is 2.11. The monoisotopic (exact) mass is 138 g/mol. The molecular formula is C8H10O2. The second kappa shape index (κ2) is 2.69. The summed E-state index contributed by atoms with van der Waals surface area (Å²) < 4.78 is 4.93. The van der Waals surface area contributed by atoms with Gasteiger partial charge in [-0.25, -0.2) is 0 Å². The van der Waals surface area contributed by atoms with Crippen LogP contribution in [0.1, 0.15) is 6.92 Å². The zero-order chi connectivity index (χ0) is 7.56. The molecular weight excluding hydrogens is 128 g/mol. The fourth-order valence-electron chi connectivity index (χ4n) is 0.836. The van der Waals surface area contributed by atoms with Crippen molar-refractivity contribution in [1.82, 2.24) is 0 Å². The number of carbonyl (C=O) groups is 1. The summed E-state index contributed by atoms with van der Waals surface area (Å²) in [6.45, 7) is 1.85. The molecule has 0 fully saturated rings. The smallest absolute Gasteiger partial charge is 0.162 e. The van der Waals surface area contributed by atoms with Crippen LogP contribution < -0.4 is 0 Å². The molecule has 0 N–H and O–H groups in total. The average molecular weight is 138 g/mol. The normalized spacial score (nSPS) is 24.4. The highest BCUT2D eigenvalue weighted by atomic mass is 16.5. The van der Waals surface area contributed by atoms with Crippen molar-refractivity contribution in [3.63, 3.8) is 0 Å². The summed E-state index contributed by atoms with van der Waals surface area (Å²) in [5.41, 5.74) is 0. The van der Waals surface area contributed by atoms with Crippen molar-refractivity contribution in [2.75, 3.05) is 7.11 Å². The molecule has 0 heterocycles. The number of rotatable bonds is 1. The van der Waals surface area contributed by atoms with E-state index in [-0.39, 0.29) is 11.7 Å². The predicted octanol–water partition coefficient (Wildman–Crippen LogP) is 1.29. The summed E-state index contributed by atoms with van der Waals surface area (Å²) in [5, 5.41) is 0. The van der Waals surface area contributed by atoms with Crippen LogP contribution in [-0.4, -0.2) is 12.9 Å². The molecule has 2 heteroatoms. The summed E-state index contributed by atoms with van der Waals surface area (Å²) in [6.07, 6.45) is 5.04. The molecule has 0 radical (unpaired) electrons. The number of ether oxygens (including phenoxy) is 1. The first-order valence-corrected chi connectivity index (χ1v) is 3.22. The molecule has 1 rings (SSSR count). The van der Waals surface area contributed by atoms with E-state index in [1.54, 1.807) is 19.3 Å². The van der Waals surface area contributed by atoms with Crippen LogP contribution in [0.3, 0.4) is 0 Å². The van der Waals surface area contributed by atoms with Crippen molar-refractivity contribution < 1.29 is 9.53 Å². The van der Waals surface area contributed by atoms with E-state index in [1.165, 1.54) is 0 Å². The van der Waals surface area contributed by atoms with E-state index in [0.717, 1.165) is 5.76 Å². The summed E-state index contributed by atoms with van der Waals surface area (Å²) in [5.74, 6) is 0.882. The van der Waals surface area contributed by atoms with Gasteiger partial charge in [-0.2, -0.15) is 0 Å². The molecule has 1 aliphatic carbocycles. The second-order valence-electron chi connectivity index (χ2n) is 2.30. The SMILES string of the molecule is COC1=CC(C)C(=O)C=C1. The van der Waals surface area contributed by atoms with E-state index in [9.17, 15) is 4.79 Å². The Kier molecular flexibility index (Phi) is 1.90. The lowest BCUT2D eigenvalue weighted by Gasteiger charge is -2.09. The van der Waals surface area contributed by atoms with Crippen LogP contribution in [0.15, 0.2) is 24.0 Å². The van der Waals surface area contributed by atoms with Crippen LogP contribution in [-0.2, 0) is 9.53 Å². The Labute approximate surface area is 60.2 Å². The molecule has 1 aliphatic rings. The summed E-state index contributed by atoms with van der Waals surface area (Å²) >= 11 is 0. The molecule has 0 bridgehead atoms. The Morgan fingerprint density at radius 3 is 2.70 bits per heavy atom. The fraction of sp³-hybridized carbons (Fsp3) is 0.375. The van der Waals surface area contributed by atoms with Crippen LogP contribution in [0.4, 0.5) is 0 Å². The number of allylic oxidation sites excluding steroid dienone is 3. The van der Waals surface area contributed by atoms with Crippen molar-refractivity contribution in [1.29, 1.82) is 0 Å². The van der Waals surface area contributed by atoms with Crippen LogP contribution in [0.25, 0.3) is 0 Å². The van der Waals surface area contributed by atoms with Crippen LogP contribution in [0.5, 0.6) is 0 Å². The zero-order valence-electron chi connectivity index (χ0n) is 6.13. The number of hydrogen-bond acceptors (Lipinski definition) is 2. The number of hydrogen-bond donors (Lipinski definition) is 0. The summed E-state index contributed by atoms with van der Waals surface area (Å²) in [4.78, 5) is 10.9. The van der Waals surface area contributed by atoms with E-state index in [0.29, 0.717) is 0 Å². The third-order valence-electron chi connectivity index (χ3n) is 1.51. The Morgan fingerprint density at radius 1 is 1.50 bits per heavy atom. The highest BCUT2D eigenvalue weighted by Crippen LogP contribution is 2.12. The van der Waals surface area contributed by atoms with E-state index >= 15 is 0 Å². The molecule has 0 aromatic carbocycles. The van der Waals surface area contributed by atoms with Gasteiger partial charge in [0.05, 0.1) is 7.11 Å². The first-order valence-electron chi connectivity index (χ1n) is 3.22. The van der Waals surface area contributed by atoms with E-state index < -0.39 is 0 Å². The van der Waals surface area contributed by atoms with Gasteiger partial charge in [-0.1, -0.05) is 6.92 Å². The molecule has 54 valence electrons. The largest absolute Gasteiger partial charge is 0.497 e. The van der Waals surface area contributed by atoms with Crippen molar-refractivity contribution in [2.45, 2.75) is 6.92 Å². The lowest BCUT2D eigenvalue weighted by atomic mass is 10.0. The van der Waals surface area contributed by atoms with Gasteiger partial charge in [0, 0.05) is 5.92 Å². The van der Waals surface area contributed by atoms with Gasteiger partial charge in [0.15, 0.2) is 5.78 Å². The van der Waals surface area contributed by atoms with Crippen LogP contribution in [0, 0.1) is 5.92 Å². The topological polar surface area (TPSA) is 26.3 Å². The maximum Gasteiger partial charge on any atom is 0.162 e. The molecule has 0 aromatic rings. The molecule has 0 aliphatic heterocycles. The van der Waals surface area contributed by atoms with Crippen molar-refractivity contribution in [3.8, 4) is 0 Å². The minimum absolute atomic E-state index is 0.0278. The fourth-order valence-corrected chi connectivity index (χ4v) is 0.836. The molecule has 0 amide bonds. The van der Waals surface area contributed by atoms with Gasteiger partial charge in [0.25, 0.3) is 0 Å². The standard InChI is InChI=1S/C8H10O2/c1-6-5-7(10-2)3-4-8(6)9/h3-6H,1-2H3. The molecule has 1 unspecified atom stereocenters. The minimum atomic E-state index is -0.0278. The van der Waals surface area contributed by atoms with Gasteiger partial charge in [-0.05, 0) is 18.2 Å². The van der Waals surface area contributed by atoms with Crippen molar-refractivity contribution in [3.05, 3.63) is 24.0 Å². The summed E-state index contributed by atoms with van der Waals surface area (Å²) in [7, 11) is 1.60. The Hall–Kier alpha value is -1.05. The number of ketones is 1. The quantitative estimate of drug-likeness (QED) is 0.545. The zero-order valence-corrected chi connectivity index (χ0v) is 6.13. The molecule has 0 aromatic heterocycles. The highest BCUT2D eigenvalue weighted by molar-refractivity contribution is 5.94. The molecule has 0 saturated heterocycles. The first kappa shape index (κ1) is 7.06. The van der Waals surface area contributed by atoms with Crippen molar-refractivity contribution in [2.24, 2.45) is 5.92 Å². The number of methoxy groups -OCH3 is 1. The number of carbonyl (C=O) groups excluding carboxylic acids is 1. The maximum atomic E-state index is 10.9. The van der Waals surface area contributed by atoms with Gasteiger partial charge in [-0.3, -0.25) is 4.79 Å². The third-order valence-corrected chi connectivity index (χ3v) is 1.51. The molecule has 0 spiro atoms. The van der Waals surface area contributed by atoms with Gasteiger partial charge < -0.3 is 4.74 Å². The lowest BCUT2D eigenvalue weighted by molar-refractivity contribution is -0.116. The van der Waals surface area contributed by atoms with Gasteiger partial charge in [0.1, 0.15) is 5.76 Å². The molecule has 1 atom stereocenters. The second-order valence-corrected chi connectivity index (χ2v) is 2.30. The van der Waals surface area contributed by atoms with Crippen LogP contribution in [0.2, 0.25) is 0 Å². The Bertz CT molecular complexity index is 201. The minimum Gasteiger partial charge on any atom is -0.497 e. The molecule has 2 nitrogen and oxygen atoms in total. The van der Waals surface area contributed by atoms with E-state index in [1.807, 2.05) is 13.0 Å². The van der Waals surface area contributed by atoms with E-state index in [2.05, 4.69) is 0 Å². The average Bonchev–Trinajstić information content (AvgIpc) is 1.95. The third kappa shape index (κ3) is 1.26. The van der Waals surface area contributed by atoms with E-state index in [4.69, 9.17) is 4.74 Å². The molecule has 0 saturated carbocycles.